The number of hydrogen-bond donors (Lipinski definition) is 2. The molecule has 3 rings (SSSR count). The summed E-state index contributed by atoms with van der Waals surface area (Å²) in [4.78, 5) is 26.9. The maximum atomic E-state index is 12.6. The van der Waals surface area contributed by atoms with E-state index in [0.29, 0.717) is 19.1 Å². The smallest absolute Gasteiger partial charge is 0.345 e. The van der Waals surface area contributed by atoms with Crippen molar-refractivity contribution >= 4 is 23.3 Å². The van der Waals surface area contributed by atoms with Gasteiger partial charge in [0, 0.05) is 30.4 Å². The van der Waals surface area contributed by atoms with E-state index in [2.05, 4.69) is 10.2 Å². The fourth-order valence-electron chi connectivity index (χ4n) is 2.99. The summed E-state index contributed by atoms with van der Waals surface area (Å²) >= 11 is 1.20. The summed E-state index contributed by atoms with van der Waals surface area (Å²) in [5.74, 6) is -0.845. The third-order valence-corrected chi connectivity index (χ3v) is 5.40. The monoisotopic (exact) mass is 374 g/mol. The molecular formula is C19H22N2O4S. The molecule has 0 radical (unpaired) electrons. The van der Waals surface area contributed by atoms with Crippen LogP contribution in [0.5, 0.6) is 0 Å². The van der Waals surface area contributed by atoms with Crippen LogP contribution in [0.1, 0.15) is 26.2 Å². The number of ether oxygens (including phenoxy) is 1. The Morgan fingerprint density at radius 1 is 1.27 bits per heavy atom. The molecule has 0 aliphatic carbocycles. The molecule has 2 aromatic rings. The third-order valence-electron chi connectivity index (χ3n) is 4.32. The van der Waals surface area contributed by atoms with E-state index in [1.807, 2.05) is 37.4 Å². The average molecular weight is 374 g/mol. The number of thiophene rings is 1. The van der Waals surface area contributed by atoms with Crippen molar-refractivity contribution in [3.8, 4) is 0 Å². The minimum Gasteiger partial charge on any atom is -0.477 e. The minimum atomic E-state index is -0.939. The summed E-state index contributed by atoms with van der Waals surface area (Å²) in [6, 6.07) is 12.2. The van der Waals surface area contributed by atoms with E-state index in [1.165, 1.54) is 11.3 Å². The summed E-state index contributed by atoms with van der Waals surface area (Å²) in [7, 11) is 2.04. The SMILES string of the molecule is CN1CC(COC(=O)C(NCc2ccc(C(=O)O)s2)c2ccccc2)C1. The second kappa shape index (κ2) is 8.44. The molecule has 1 aromatic carbocycles. The standard InChI is InChI=1S/C19H22N2O4S/c1-21-10-13(11-21)12-25-19(24)17(14-5-3-2-4-6-14)20-9-15-7-8-16(26-15)18(22)23/h2-8,13,17,20H,9-12H2,1H3,(H,22,23). The molecule has 0 bridgehead atoms. The van der Waals surface area contributed by atoms with Crippen molar-refractivity contribution in [3.05, 3.63) is 57.8 Å². The molecule has 1 aliphatic rings. The van der Waals surface area contributed by atoms with Crippen molar-refractivity contribution in [1.29, 1.82) is 0 Å². The Morgan fingerprint density at radius 3 is 2.62 bits per heavy atom. The van der Waals surface area contributed by atoms with Gasteiger partial charge in [0.2, 0.25) is 0 Å². The lowest BCUT2D eigenvalue weighted by Crippen LogP contribution is -2.46. The molecule has 2 heterocycles. The molecule has 1 unspecified atom stereocenters. The first-order valence-electron chi connectivity index (χ1n) is 8.48. The molecule has 1 aliphatic heterocycles. The van der Waals surface area contributed by atoms with Gasteiger partial charge < -0.3 is 14.7 Å². The lowest BCUT2D eigenvalue weighted by molar-refractivity contribution is -0.149. The first-order chi connectivity index (χ1) is 12.5. The van der Waals surface area contributed by atoms with Crippen LogP contribution >= 0.6 is 11.3 Å². The van der Waals surface area contributed by atoms with Crippen LogP contribution in [0, 0.1) is 5.92 Å². The molecular weight excluding hydrogens is 352 g/mol. The van der Waals surface area contributed by atoms with Crippen LogP contribution in [0.4, 0.5) is 0 Å². The van der Waals surface area contributed by atoms with Crippen molar-refractivity contribution in [2.75, 3.05) is 26.7 Å². The largest absolute Gasteiger partial charge is 0.477 e. The van der Waals surface area contributed by atoms with Gasteiger partial charge in [-0.1, -0.05) is 30.3 Å². The Hall–Kier alpha value is -2.22. The van der Waals surface area contributed by atoms with E-state index < -0.39 is 12.0 Å². The molecule has 0 amide bonds. The zero-order valence-electron chi connectivity index (χ0n) is 14.6. The third kappa shape index (κ3) is 4.69. The maximum Gasteiger partial charge on any atom is 0.345 e. The highest BCUT2D eigenvalue weighted by Gasteiger charge is 2.27. The zero-order chi connectivity index (χ0) is 18.5. The topological polar surface area (TPSA) is 78.9 Å². The predicted octanol–water partition coefficient (Wildman–Crippen LogP) is 2.38. The van der Waals surface area contributed by atoms with Crippen molar-refractivity contribution in [2.45, 2.75) is 12.6 Å². The number of nitrogens with one attached hydrogen (secondary N) is 1. The fraction of sp³-hybridized carbons (Fsp3) is 0.368. The number of carbonyl (C=O) groups excluding carboxylic acids is 1. The van der Waals surface area contributed by atoms with Crippen LogP contribution in [0.15, 0.2) is 42.5 Å². The number of carbonyl (C=O) groups is 2. The number of nitrogens with zero attached hydrogens (tertiary/aromatic N) is 1. The van der Waals surface area contributed by atoms with Crippen molar-refractivity contribution in [2.24, 2.45) is 5.92 Å². The van der Waals surface area contributed by atoms with Crippen LogP contribution < -0.4 is 5.32 Å². The van der Waals surface area contributed by atoms with Crippen LogP contribution in [-0.4, -0.2) is 48.7 Å². The van der Waals surface area contributed by atoms with Crippen molar-refractivity contribution in [1.82, 2.24) is 10.2 Å². The van der Waals surface area contributed by atoms with Crippen LogP contribution in [0.25, 0.3) is 0 Å². The van der Waals surface area contributed by atoms with E-state index in [0.717, 1.165) is 23.5 Å². The van der Waals surface area contributed by atoms with Crippen LogP contribution in [0.2, 0.25) is 0 Å². The number of carboxylic acids is 1. The normalized spacial score (nSPS) is 16.0. The maximum absolute atomic E-state index is 12.6. The molecule has 0 spiro atoms. The highest BCUT2D eigenvalue weighted by Crippen LogP contribution is 2.21. The Morgan fingerprint density at radius 2 is 2.00 bits per heavy atom. The lowest BCUT2D eigenvalue weighted by atomic mass is 10.0. The Balaban J connectivity index is 1.62. The van der Waals surface area contributed by atoms with Gasteiger partial charge in [-0.25, -0.2) is 9.59 Å². The molecule has 6 nitrogen and oxygen atoms in total. The van der Waals surface area contributed by atoms with Crippen molar-refractivity contribution in [3.63, 3.8) is 0 Å². The van der Waals surface area contributed by atoms with Gasteiger partial charge in [0.05, 0.1) is 6.61 Å². The van der Waals surface area contributed by atoms with E-state index in [-0.39, 0.29) is 10.8 Å². The number of aromatic carboxylic acids is 1. The number of carboxylic acid groups (broad SMARTS) is 1. The second-order valence-electron chi connectivity index (χ2n) is 6.51. The molecule has 0 saturated carbocycles. The van der Waals surface area contributed by atoms with E-state index in [9.17, 15) is 9.59 Å². The Bertz CT molecular complexity index is 756. The number of rotatable bonds is 8. The van der Waals surface area contributed by atoms with E-state index >= 15 is 0 Å². The quantitative estimate of drug-likeness (QED) is 0.691. The summed E-state index contributed by atoms with van der Waals surface area (Å²) in [6.45, 7) is 2.73. The number of hydrogen-bond acceptors (Lipinski definition) is 6. The van der Waals surface area contributed by atoms with Crippen LogP contribution in [-0.2, 0) is 16.1 Å². The van der Waals surface area contributed by atoms with Gasteiger partial charge in [0.15, 0.2) is 0 Å². The first-order valence-corrected chi connectivity index (χ1v) is 9.30. The molecule has 2 N–H and O–H groups in total. The highest BCUT2D eigenvalue weighted by molar-refractivity contribution is 7.13. The van der Waals surface area contributed by atoms with Gasteiger partial charge in [-0.15, -0.1) is 11.3 Å². The minimum absolute atomic E-state index is 0.287. The molecule has 1 atom stereocenters. The Kier molecular flexibility index (Phi) is 6.03. The molecule has 138 valence electrons. The molecule has 1 aromatic heterocycles. The van der Waals surface area contributed by atoms with Crippen molar-refractivity contribution < 1.29 is 19.4 Å². The summed E-state index contributed by atoms with van der Waals surface area (Å²) in [6.07, 6.45) is 0. The van der Waals surface area contributed by atoms with Gasteiger partial charge in [-0.2, -0.15) is 0 Å². The van der Waals surface area contributed by atoms with Gasteiger partial charge in [-0.05, 0) is 24.7 Å². The molecule has 26 heavy (non-hydrogen) atoms. The fourth-order valence-corrected chi connectivity index (χ4v) is 3.79. The van der Waals surface area contributed by atoms with Gasteiger partial charge in [0.25, 0.3) is 0 Å². The number of benzene rings is 1. The summed E-state index contributed by atoms with van der Waals surface area (Å²) in [5, 5.41) is 12.2. The number of likely N-dealkylation sites (tertiary alicyclic amines) is 1. The highest BCUT2D eigenvalue weighted by atomic mass is 32.1. The van der Waals surface area contributed by atoms with Gasteiger partial charge in [0.1, 0.15) is 10.9 Å². The zero-order valence-corrected chi connectivity index (χ0v) is 15.4. The lowest BCUT2D eigenvalue weighted by Gasteiger charge is -2.35. The summed E-state index contributed by atoms with van der Waals surface area (Å²) < 4.78 is 5.52. The Labute approximate surface area is 156 Å². The summed E-state index contributed by atoms with van der Waals surface area (Å²) in [5.41, 5.74) is 0.832. The second-order valence-corrected chi connectivity index (χ2v) is 7.68. The van der Waals surface area contributed by atoms with Gasteiger partial charge in [-0.3, -0.25) is 5.32 Å². The average Bonchev–Trinajstić information content (AvgIpc) is 3.08. The van der Waals surface area contributed by atoms with E-state index in [4.69, 9.17) is 9.84 Å². The van der Waals surface area contributed by atoms with Gasteiger partial charge >= 0.3 is 11.9 Å². The molecule has 1 fully saturated rings. The number of esters is 1. The molecule has 7 heteroatoms. The van der Waals surface area contributed by atoms with E-state index in [1.54, 1.807) is 12.1 Å². The predicted molar refractivity (Wildman–Crippen MR) is 99.2 cm³/mol. The molecule has 1 saturated heterocycles. The van der Waals surface area contributed by atoms with Crippen LogP contribution in [0.3, 0.4) is 0 Å². The first kappa shape index (κ1) is 18.6.